The third-order valence-electron chi connectivity index (χ3n) is 0.957. The molecule has 0 aliphatic rings. The molecule has 0 aromatic rings. The molecule has 0 unspecified atom stereocenters. The van der Waals surface area contributed by atoms with E-state index in [9.17, 15) is 0 Å². The third kappa shape index (κ3) is 9.72. The monoisotopic (exact) mass is 178 g/mol. The molecule has 0 aliphatic carbocycles. The molecule has 0 amide bonds. The second-order valence-corrected chi connectivity index (χ2v) is 2.04. The second kappa shape index (κ2) is 10.7. The Hall–Kier alpha value is -2.28. The summed E-state index contributed by atoms with van der Waals surface area (Å²) in [6.45, 7) is 3.80. The fourth-order valence-electron chi connectivity index (χ4n) is 0.447. The molecular formula is C14H10. The fourth-order valence-corrected chi connectivity index (χ4v) is 0.447. The summed E-state index contributed by atoms with van der Waals surface area (Å²) in [5.74, 6) is 21.0. The van der Waals surface area contributed by atoms with Gasteiger partial charge in [0.25, 0.3) is 0 Å². The van der Waals surface area contributed by atoms with Gasteiger partial charge in [0.05, 0.1) is 0 Å². The van der Waals surface area contributed by atoms with Crippen LogP contribution in [-0.2, 0) is 0 Å². The van der Waals surface area contributed by atoms with Crippen LogP contribution < -0.4 is 0 Å². The van der Waals surface area contributed by atoms with Crippen molar-refractivity contribution in [1.29, 1.82) is 0 Å². The van der Waals surface area contributed by atoms with E-state index in [0.717, 1.165) is 0 Å². The highest BCUT2D eigenvalue weighted by Gasteiger charge is 1.56. The van der Waals surface area contributed by atoms with Gasteiger partial charge in [0.2, 0.25) is 0 Å². The summed E-state index contributed by atoms with van der Waals surface area (Å²) in [6.07, 6.45) is 7.16. The molecular weight excluding hydrogens is 168 g/mol. The van der Waals surface area contributed by atoms with Gasteiger partial charge in [-0.3, -0.25) is 0 Å². The summed E-state index contributed by atoms with van der Waals surface area (Å²) >= 11 is 0. The predicted molar refractivity (Wildman–Crippen MR) is 60.7 cm³/mol. The molecule has 0 radical (unpaired) electrons. The van der Waals surface area contributed by atoms with Crippen LogP contribution in [0.15, 0.2) is 24.3 Å². The highest BCUT2D eigenvalue weighted by atomic mass is 13.6. The van der Waals surface area contributed by atoms with Crippen molar-refractivity contribution in [3.8, 4) is 47.4 Å². The van der Waals surface area contributed by atoms with E-state index < -0.39 is 0 Å². The van der Waals surface area contributed by atoms with Crippen molar-refractivity contribution in [1.82, 2.24) is 0 Å². The summed E-state index contributed by atoms with van der Waals surface area (Å²) in [5.41, 5.74) is 0. The molecule has 0 nitrogen and oxygen atoms in total. The lowest BCUT2D eigenvalue weighted by molar-refractivity contribution is 1.76. The maximum Gasteiger partial charge on any atom is -0.0000224 e. The zero-order valence-corrected chi connectivity index (χ0v) is 8.31. The summed E-state index contributed by atoms with van der Waals surface area (Å²) in [5, 5.41) is 0. The molecule has 0 N–H and O–H groups in total. The minimum atomic E-state index is 1.73. The minimum Gasteiger partial charge on any atom is -0.0792 e. The molecule has 0 heteroatoms. The third-order valence-corrected chi connectivity index (χ3v) is 0.957. The van der Waals surface area contributed by atoms with Crippen molar-refractivity contribution >= 4 is 0 Å². The smallest absolute Gasteiger partial charge is 0.0000224 e. The van der Waals surface area contributed by atoms with Gasteiger partial charge >= 0.3 is 0 Å². The van der Waals surface area contributed by atoms with Crippen LogP contribution in [0.4, 0.5) is 0 Å². The normalized spacial score (nSPS) is 7.29. The summed E-state index contributed by atoms with van der Waals surface area (Å²) < 4.78 is 0. The second-order valence-electron chi connectivity index (χ2n) is 2.04. The van der Waals surface area contributed by atoms with E-state index in [1.807, 2.05) is 26.0 Å². The van der Waals surface area contributed by atoms with Crippen molar-refractivity contribution < 1.29 is 0 Å². The van der Waals surface area contributed by atoms with Crippen molar-refractivity contribution in [3.05, 3.63) is 24.3 Å². The Bertz CT molecular complexity index is 397. The van der Waals surface area contributed by atoms with Crippen LogP contribution in [0, 0.1) is 47.4 Å². The van der Waals surface area contributed by atoms with Gasteiger partial charge in [-0.15, -0.1) is 0 Å². The van der Waals surface area contributed by atoms with Gasteiger partial charge in [-0.25, -0.2) is 0 Å². The van der Waals surface area contributed by atoms with Crippen molar-refractivity contribution in [2.24, 2.45) is 0 Å². The minimum absolute atomic E-state index is 1.73. The Morgan fingerprint density at radius 1 is 0.571 bits per heavy atom. The Labute approximate surface area is 86.1 Å². The predicted octanol–water partition coefficient (Wildman–Crippen LogP) is 2.15. The lowest BCUT2D eigenvalue weighted by Crippen LogP contribution is -1.54. The molecule has 0 aliphatic heterocycles. The zero-order valence-electron chi connectivity index (χ0n) is 8.31. The van der Waals surface area contributed by atoms with Gasteiger partial charge in [-0.2, -0.15) is 0 Å². The Morgan fingerprint density at radius 2 is 0.929 bits per heavy atom. The quantitative estimate of drug-likeness (QED) is 0.499. The van der Waals surface area contributed by atoms with Gasteiger partial charge in [0.15, 0.2) is 0 Å². The molecule has 14 heavy (non-hydrogen) atoms. The van der Waals surface area contributed by atoms with Crippen LogP contribution in [0.3, 0.4) is 0 Å². The molecule has 0 saturated carbocycles. The van der Waals surface area contributed by atoms with Crippen LogP contribution in [0.25, 0.3) is 0 Å². The maximum atomic E-state index is 2.73. The van der Waals surface area contributed by atoms with Gasteiger partial charge in [0.1, 0.15) is 0 Å². The van der Waals surface area contributed by atoms with Gasteiger partial charge < -0.3 is 0 Å². The van der Waals surface area contributed by atoms with E-state index in [4.69, 9.17) is 0 Å². The standard InChI is InChI=1S/C14H10/c1-3-5-7-9-11-13-14-12-10-8-6-4-2/h3-6H,1-2H3. The lowest BCUT2D eigenvalue weighted by atomic mass is 10.4. The SMILES string of the molecule is CC=CC#CC#CC#CC#CC=CC. The first-order valence-corrected chi connectivity index (χ1v) is 4.15. The Balaban J connectivity index is 4.07. The Kier molecular flexibility index (Phi) is 8.97. The average molecular weight is 178 g/mol. The number of hydrogen-bond acceptors (Lipinski definition) is 0. The molecule has 0 rings (SSSR count). The molecule has 66 valence electrons. The van der Waals surface area contributed by atoms with E-state index in [1.54, 1.807) is 12.2 Å². The first kappa shape index (κ1) is 11.7. The van der Waals surface area contributed by atoms with Gasteiger partial charge in [-0.1, -0.05) is 24.0 Å². The molecule has 0 saturated heterocycles. The largest absolute Gasteiger partial charge is 0.0792 e. The van der Waals surface area contributed by atoms with E-state index in [-0.39, 0.29) is 0 Å². The van der Waals surface area contributed by atoms with Crippen molar-refractivity contribution in [2.75, 3.05) is 0 Å². The molecule has 0 spiro atoms. The highest BCUT2D eigenvalue weighted by Crippen LogP contribution is 1.64. The first-order valence-electron chi connectivity index (χ1n) is 4.15. The number of rotatable bonds is 0. The van der Waals surface area contributed by atoms with E-state index in [2.05, 4.69) is 47.4 Å². The number of hydrogen-bond donors (Lipinski definition) is 0. The van der Waals surface area contributed by atoms with E-state index in [0.29, 0.717) is 0 Å². The molecule has 0 bridgehead atoms. The summed E-state index contributed by atoms with van der Waals surface area (Å²) in [6, 6.07) is 0. The van der Waals surface area contributed by atoms with Crippen LogP contribution in [0.5, 0.6) is 0 Å². The van der Waals surface area contributed by atoms with Crippen LogP contribution in [0.2, 0.25) is 0 Å². The van der Waals surface area contributed by atoms with Crippen molar-refractivity contribution in [2.45, 2.75) is 13.8 Å². The number of allylic oxidation sites excluding steroid dienone is 4. The maximum absolute atomic E-state index is 2.73. The topological polar surface area (TPSA) is 0 Å². The molecule has 0 heterocycles. The lowest BCUT2D eigenvalue weighted by Gasteiger charge is -1.59. The molecule has 0 aromatic heterocycles. The van der Waals surface area contributed by atoms with Crippen LogP contribution in [-0.4, -0.2) is 0 Å². The van der Waals surface area contributed by atoms with Gasteiger partial charge in [0, 0.05) is 0 Å². The summed E-state index contributed by atoms with van der Waals surface area (Å²) in [4.78, 5) is 0. The van der Waals surface area contributed by atoms with Crippen LogP contribution in [0.1, 0.15) is 13.8 Å². The average Bonchev–Trinajstić information content (AvgIpc) is 2.21. The van der Waals surface area contributed by atoms with E-state index >= 15 is 0 Å². The zero-order chi connectivity index (χ0) is 10.5. The fraction of sp³-hybridized carbons (Fsp3) is 0.143. The Morgan fingerprint density at radius 3 is 1.29 bits per heavy atom. The van der Waals surface area contributed by atoms with Gasteiger partial charge in [-0.05, 0) is 61.5 Å². The van der Waals surface area contributed by atoms with Crippen LogP contribution >= 0.6 is 0 Å². The van der Waals surface area contributed by atoms with E-state index in [1.165, 1.54) is 0 Å². The first-order chi connectivity index (χ1) is 6.91. The molecule has 0 atom stereocenters. The molecule has 0 aromatic carbocycles. The summed E-state index contributed by atoms with van der Waals surface area (Å²) in [7, 11) is 0. The van der Waals surface area contributed by atoms with Crippen molar-refractivity contribution in [3.63, 3.8) is 0 Å². The molecule has 0 fully saturated rings. The highest BCUT2D eigenvalue weighted by molar-refractivity contribution is 5.41.